The predicted molar refractivity (Wildman–Crippen MR) is 44.8 cm³/mol. The highest BCUT2D eigenvalue weighted by Crippen LogP contribution is 2.22. The van der Waals surface area contributed by atoms with Crippen LogP contribution in [0.1, 0.15) is 20.3 Å². The maximum absolute atomic E-state index is 11.1. The molecule has 1 unspecified atom stereocenters. The van der Waals surface area contributed by atoms with E-state index in [1.165, 1.54) is 7.11 Å². The summed E-state index contributed by atoms with van der Waals surface area (Å²) in [7, 11) is 1.39. The molecule has 0 amide bonds. The Morgan fingerprint density at radius 1 is 1.73 bits per heavy atom. The molecule has 0 aromatic heterocycles. The average Bonchev–Trinajstić information content (AvgIpc) is 2.03. The molecular formula is C8H15NO2. The Bertz CT molecular complexity index is 156. The number of carbonyl (C=O) groups excluding carboxylic acids is 1. The fourth-order valence-electron chi connectivity index (χ4n) is 0.814. The van der Waals surface area contributed by atoms with Gasteiger partial charge in [0.2, 0.25) is 0 Å². The van der Waals surface area contributed by atoms with Crippen LogP contribution in [0.4, 0.5) is 0 Å². The largest absolute Gasteiger partial charge is 0.469 e. The molecule has 0 aromatic carbocycles. The first-order valence-electron chi connectivity index (χ1n) is 3.61. The van der Waals surface area contributed by atoms with Gasteiger partial charge < -0.3 is 4.74 Å². The van der Waals surface area contributed by atoms with E-state index in [-0.39, 0.29) is 5.97 Å². The number of nitrogens with zero attached hydrogens (tertiary/aromatic N) is 1. The number of rotatable bonds is 4. The number of aliphatic imine (C=N–C) groups is 1. The molecule has 0 spiro atoms. The van der Waals surface area contributed by atoms with Crippen molar-refractivity contribution in [3.05, 3.63) is 0 Å². The summed E-state index contributed by atoms with van der Waals surface area (Å²) >= 11 is 0. The highest BCUT2D eigenvalue weighted by molar-refractivity contribution is 5.76. The van der Waals surface area contributed by atoms with Gasteiger partial charge in [-0.3, -0.25) is 9.79 Å². The van der Waals surface area contributed by atoms with E-state index in [0.29, 0.717) is 6.54 Å². The van der Waals surface area contributed by atoms with Crippen LogP contribution in [0.15, 0.2) is 4.99 Å². The molecule has 0 bridgehead atoms. The Hall–Kier alpha value is -0.860. The molecular weight excluding hydrogens is 142 g/mol. The highest BCUT2D eigenvalue weighted by Gasteiger charge is 2.31. The molecule has 3 heteroatoms. The van der Waals surface area contributed by atoms with E-state index >= 15 is 0 Å². The van der Waals surface area contributed by atoms with Gasteiger partial charge >= 0.3 is 5.97 Å². The van der Waals surface area contributed by atoms with E-state index in [9.17, 15) is 4.79 Å². The van der Waals surface area contributed by atoms with Gasteiger partial charge in [-0.2, -0.15) is 0 Å². The van der Waals surface area contributed by atoms with Crippen molar-refractivity contribution in [1.82, 2.24) is 0 Å². The maximum atomic E-state index is 11.1. The number of ether oxygens (including phenoxy) is 1. The third kappa shape index (κ3) is 2.33. The van der Waals surface area contributed by atoms with Crippen LogP contribution >= 0.6 is 0 Å². The minimum atomic E-state index is -0.490. The Morgan fingerprint density at radius 3 is 2.55 bits per heavy atom. The van der Waals surface area contributed by atoms with Gasteiger partial charge in [0.15, 0.2) is 0 Å². The van der Waals surface area contributed by atoms with Crippen LogP contribution in [-0.2, 0) is 9.53 Å². The monoisotopic (exact) mass is 157 g/mol. The average molecular weight is 157 g/mol. The summed E-state index contributed by atoms with van der Waals surface area (Å²) in [5, 5.41) is 0. The second-order valence-electron chi connectivity index (χ2n) is 2.79. The fourth-order valence-corrected chi connectivity index (χ4v) is 0.814. The predicted octanol–water partition coefficient (Wildman–Crippen LogP) is 1.28. The summed E-state index contributed by atoms with van der Waals surface area (Å²) in [5.74, 6) is -0.215. The zero-order valence-electron chi connectivity index (χ0n) is 7.39. The van der Waals surface area contributed by atoms with Crippen LogP contribution in [0.25, 0.3) is 0 Å². The summed E-state index contributed by atoms with van der Waals surface area (Å²) in [5.41, 5.74) is -0.490. The lowest BCUT2D eigenvalue weighted by Gasteiger charge is -2.22. The first-order chi connectivity index (χ1) is 5.10. The normalized spacial score (nSPS) is 15.2. The van der Waals surface area contributed by atoms with Crippen LogP contribution in [-0.4, -0.2) is 26.3 Å². The lowest BCUT2D eigenvalue weighted by molar-refractivity contribution is -0.151. The van der Waals surface area contributed by atoms with Crippen molar-refractivity contribution in [1.29, 1.82) is 0 Å². The molecule has 0 saturated carbocycles. The van der Waals surface area contributed by atoms with Gasteiger partial charge in [-0.25, -0.2) is 0 Å². The standard InChI is InChI=1S/C8H15NO2/c1-5-8(2,6-9-3)7(10)11-4/h3,5-6H2,1-2,4H3. The minimum Gasteiger partial charge on any atom is -0.469 e. The Labute approximate surface area is 67.5 Å². The molecule has 0 aliphatic heterocycles. The Balaban J connectivity index is 4.31. The molecule has 0 fully saturated rings. The van der Waals surface area contributed by atoms with Crippen LogP contribution in [0.5, 0.6) is 0 Å². The van der Waals surface area contributed by atoms with Crippen molar-refractivity contribution in [2.75, 3.05) is 13.7 Å². The smallest absolute Gasteiger partial charge is 0.313 e. The van der Waals surface area contributed by atoms with Crippen molar-refractivity contribution in [2.45, 2.75) is 20.3 Å². The maximum Gasteiger partial charge on any atom is 0.313 e. The second-order valence-corrected chi connectivity index (χ2v) is 2.79. The molecule has 0 saturated heterocycles. The summed E-state index contributed by atoms with van der Waals surface area (Å²) < 4.78 is 4.63. The lowest BCUT2D eigenvalue weighted by Crippen LogP contribution is -2.31. The van der Waals surface area contributed by atoms with Gasteiger partial charge in [-0.05, 0) is 20.1 Å². The van der Waals surface area contributed by atoms with Crippen molar-refractivity contribution < 1.29 is 9.53 Å². The van der Waals surface area contributed by atoms with Crippen LogP contribution in [0.2, 0.25) is 0 Å². The van der Waals surface area contributed by atoms with E-state index < -0.39 is 5.41 Å². The summed E-state index contributed by atoms with van der Waals surface area (Å²) in [6.07, 6.45) is 0.721. The van der Waals surface area contributed by atoms with Gasteiger partial charge in [0.25, 0.3) is 0 Å². The molecule has 0 aliphatic rings. The Morgan fingerprint density at radius 2 is 2.27 bits per heavy atom. The van der Waals surface area contributed by atoms with Crippen molar-refractivity contribution in [2.24, 2.45) is 10.4 Å². The van der Waals surface area contributed by atoms with Crippen LogP contribution < -0.4 is 0 Å². The van der Waals surface area contributed by atoms with Gasteiger partial charge in [0, 0.05) is 0 Å². The van der Waals surface area contributed by atoms with Gasteiger partial charge in [0.1, 0.15) is 0 Å². The number of esters is 1. The van der Waals surface area contributed by atoms with E-state index in [1.54, 1.807) is 0 Å². The van der Waals surface area contributed by atoms with Crippen molar-refractivity contribution >= 4 is 12.7 Å². The summed E-state index contributed by atoms with van der Waals surface area (Å²) in [6, 6.07) is 0. The first kappa shape index (κ1) is 10.1. The molecule has 0 heterocycles. The molecule has 0 aromatic rings. The molecule has 0 rings (SSSR count). The molecule has 11 heavy (non-hydrogen) atoms. The van der Waals surface area contributed by atoms with E-state index in [0.717, 1.165) is 6.42 Å². The third-order valence-corrected chi connectivity index (χ3v) is 1.92. The van der Waals surface area contributed by atoms with E-state index in [4.69, 9.17) is 0 Å². The third-order valence-electron chi connectivity index (χ3n) is 1.92. The molecule has 1 atom stereocenters. The molecule has 0 aliphatic carbocycles. The van der Waals surface area contributed by atoms with E-state index in [1.807, 2.05) is 13.8 Å². The second kappa shape index (κ2) is 4.11. The first-order valence-corrected chi connectivity index (χ1v) is 3.61. The van der Waals surface area contributed by atoms with Crippen molar-refractivity contribution in [3.8, 4) is 0 Å². The topological polar surface area (TPSA) is 38.7 Å². The number of hydrogen-bond donors (Lipinski definition) is 0. The van der Waals surface area contributed by atoms with Gasteiger partial charge in [-0.15, -0.1) is 0 Å². The Kier molecular flexibility index (Phi) is 3.79. The number of carbonyl (C=O) groups is 1. The minimum absolute atomic E-state index is 0.215. The molecule has 64 valence electrons. The summed E-state index contributed by atoms with van der Waals surface area (Å²) in [6.45, 7) is 7.54. The SMILES string of the molecule is C=NCC(C)(CC)C(=O)OC. The highest BCUT2D eigenvalue weighted by atomic mass is 16.5. The zero-order chi connectivity index (χ0) is 8.91. The fraction of sp³-hybridized carbons (Fsp3) is 0.750. The lowest BCUT2D eigenvalue weighted by atomic mass is 9.88. The summed E-state index contributed by atoms with van der Waals surface area (Å²) in [4.78, 5) is 14.8. The molecule has 3 nitrogen and oxygen atoms in total. The van der Waals surface area contributed by atoms with Crippen LogP contribution in [0.3, 0.4) is 0 Å². The quantitative estimate of drug-likeness (QED) is 0.455. The van der Waals surface area contributed by atoms with Crippen molar-refractivity contribution in [3.63, 3.8) is 0 Å². The molecule has 0 N–H and O–H groups in total. The van der Waals surface area contributed by atoms with Crippen LogP contribution in [0, 0.1) is 5.41 Å². The molecule has 0 radical (unpaired) electrons. The van der Waals surface area contributed by atoms with Gasteiger partial charge in [-0.1, -0.05) is 6.92 Å². The van der Waals surface area contributed by atoms with Gasteiger partial charge in [0.05, 0.1) is 19.1 Å². The number of methoxy groups -OCH3 is 1. The number of hydrogen-bond acceptors (Lipinski definition) is 3. The van der Waals surface area contributed by atoms with E-state index in [2.05, 4.69) is 16.4 Å². The zero-order valence-corrected chi connectivity index (χ0v) is 7.39.